The van der Waals surface area contributed by atoms with Crippen LogP contribution in [-0.2, 0) is 0 Å². The van der Waals surface area contributed by atoms with Gasteiger partial charge in [-0.25, -0.2) is 0 Å². The highest BCUT2D eigenvalue weighted by atomic mass is 35.5. The summed E-state index contributed by atoms with van der Waals surface area (Å²) >= 11 is 6.01. The minimum Gasteiger partial charge on any atom is -0.508 e. The van der Waals surface area contributed by atoms with E-state index in [0.29, 0.717) is 10.8 Å². The Bertz CT molecular complexity index is 384. The molecule has 0 radical (unpaired) electrons. The monoisotopic (exact) mass is 326 g/mol. The fourth-order valence-electron chi connectivity index (χ4n) is 2.46. The molecule has 2 N–H and O–H groups in total. The maximum Gasteiger partial charge on any atom is 0.120 e. The van der Waals surface area contributed by atoms with E-state index >= 15 is 0 Å². The Kier molecular flexibility index (Phi) is 8.79. The summed E-state index contributed by atoms with van der Waals surface area (Å²) in [6, 6.07) is 5.55. The van der Waals surface area contributed by atoms with E-state index in [-0.39, 0.29) is 30.9 Å². The molecule has 0 unspecified atom stereocenters. The van der Waals surface area contributed by atoms with E-state index in [4.69, 9.17) is 11.6 Å². The minimum atomic E-state index is 0. The van der Waals surface area contributed by atoms with E-state index in [9.17, 15) is 5.11 Å². The fraction of sp³-hybridized carbons (Fsp3) is 0.538. The SMILES string of the molecule is CC[C@H](c1cc(Cl)ccc1O)N1CCNCC1.Cl.Cl. The molecule has 0 saturated carbocycles. The maximum absolute atomic E-state index is 9.97. The molecule has 0 spiro atoms. The largest absolute Gasteiger partial charge is 0.508 e. The Morgan fingerprint density at radius 3 is 2.53 bits per heavy atom. The van der Waals surface area contributed by atoms with Crippen LogP contribution in [-0.4, -0.2) is 36.2 Å². The first-order chi connectivity index (χ1) is 8.22. The summed E-state index contributed by atoms with van der Waals surface area (Å²) in [5.74, 6) is 0.347. The standard InChI is InChI=1S/C13H19ClN2O.2ClH/c1-2-12(16-7-5-15-6-8-16)11-9-10(14)3-4-13(11)17;;/h3-4,9,12,15,17H,2,5-8H2,1H3;2*1H/t12-;;/m1../s1. The Labute approximate surface area is 132 Å². The maximum atomic E-state index is 9.97. The number of rotatable bonds is 3. The van der Waals surface area contributed by atoms with Gasteiger partial charge in [0.25, 0.3) is 0 Å². The summed E-state index contributed by atoms with van der Waals surface area (Å²) in [7, 11) is 0. The van der Waals surface area contributed by atoms with Gasteiger partial charge in [0.15, 0.2) is 0 Å². The summed E-state index contributed by atoms with van der Waals surface area (Å²) in [6.45, 7) is 6.21. The lowest BCUT2D eigenvalue weighted by Crippen LogP contribution is -2.45. The predicted molar refractivity (Wildman–Crippen MR) is 85.1 cm³/mol. The van der Waals surface area contributed by atoms with Crippen molar-refractivity contribution in [1.29, 1.82) is 0 Å². The number of phenolic OH excluding ortho intramolecular Hbond substituents is 1. The van der Waals surface area contributed by atoms with Crippen molar-refractivity contribution < 1.29 is 5.11 Å². The zero-order chi connectivity index (χ0) is 12.3. The van der Waals surface area contributed by atoms with Crippen molar-refractivity contribution >= 4 is 36.4 Å². The first kappa shape index (κ1) is 18.8. The smallest absolute Gasteiger partial charge is 0.120 e. The van der Waals surface area contributed by atoms with Crippen LogP contribution in [0.5, 0.6) is 5.75 Å². The van der Waals surface area contributed by atoms with Gasteiger partial charge in [0.2, 0.25) is 0 Å². The average Bonchev–Trinajstić information content (AvgIpc) is 2.36. The number of nitrogens with zero attached hydrogens (tertiary/aromatic N) is 1. The van der Waals surface area contributed by atoms with Gasteiger partial charge in [-0.2, -0.15) is 0 Å². The predicted octanol–water partition coefficient (Wildman–Crippen LogP) is 3.25. The zero-order valence-corrected chi connectivity index (χ0v) is 13.3. The van der Waals surface area contributed by atoms with Crippen LogP contribution in [0.1, 0.15) is 24.9 Å². The molecule has 3 nitrogen and oxygen atoms in total. The highest BCUT2D eigenvalue weighted by Gasteiger charge is 2.22. The van der Waals surface area contributed by atoms with Crippen LogP contribution in [0.2, 0.25) is 5.02 Å². The molecule has 1 fully saturated rings. The van der Waals surface area contributed by atoms with E-state index in [1.165, 1.54) is 0 Å². The van der Waals surface area contributed by atoms with Crippen molar-refractivity contribution in [3.05, 3.63) is 28.8 Å². The zero-order valence-electron chi connectivity index (χ0n) is 10.9. The molecule has 1 aliphatic rings. The molecular formula is C13H21Cl3N2O. The van der Waals surface area contributed by atoms with Crippen LogP contribution >= 0.6 is 36.4 Å². The van der Waals surface area contributed by atoms with Gasteiger partial charge >= 0.3 is 0 Å². The van der Waals surface area contributed by atoms with Gasteiger partial charge in [0.1, 0.15) is 5.75 Å². The van der Waals surface area contributed by atoms with Crippen molar-refractivity contribution in [3.8, 4) is 5.75 Å². The summed E-state index contributed by atoms with van der Waals surface area (Å²) < 4.78 is 0. The number of phenols is 1. The normalized spacial score (nSPS) is 17.2. The van der Waals surface area contributed by atoms with Gasteiger partial charge in [-0.1, -0.05) is 18.5 Å². The third-order valence-corrected chi connectivity index (χ3v) is 3.56. The van der Waals surface area contributed by atoms with Crippen molar-refractivity contribution in [2.24, 2.45) is 0 Å². The highest BCUT2D eigenvalue weighted by molar-refractivity contribution is 6.30. The molecule has 1 heterocycles. The Balaban J connectivity index is 0.00000162. The van der Waals surface area contributed by atoms with Crippen LogP contribution in [0.3, 0.4) is 0 Å². The number of hydrogen-bond donors (Lipinski definition) is 2. The third kappa shape index (κ3) is 4.69. The van der Waals surface area contributed by atoms with Gasteiger partial charge < -0.3 is 10.4 Å². The molecular weight excluding hydrogens is 307 g/mol. The van der Waals surface area contributed by atoms with E-state index in [1.807, 2.05) is 6.07 Å². The number of benzene rings is 1. The Hall–Kier alpha value is -0.190. The summed E-state index contributed by atoms with van der Waals surface area (Å²) in [5.41, 5.74) is 0.946. The number of halogens is 3. The molecule has 2 rings (SSSR count). The van der Waals surface area contributed by atoms with E-state index in [0.717, 1.165) is 38.2 Å². The quantitative estimate of drug-likeness (QED) is 0.894. The second-order valence-corrected chi connectivity index (χ2v) is 4.85. The lowest BCUT2D eigenvalue weighted by molar-refractivity contribution is 0.167. The molecule has 110 valence electrons. The van der Waals surface area contributed by atoms with Gasteiger partial charge in [0.05, 0.1) is 0 Å². The lowest BCUT2D eigenvalue weighted by Gasteiger charge is -2.35. The number of aromatic hydroxyl groups is 1. The van der Waals surface area contributed by atoms with Crippen molar-refractivity contribution in [1.82, 2.24) is 10.2 Å². The summed E-state index contributed by atoms with van der Waals surface area (Å²) in [5, 5.41) is 14.0. The molecule has 0 amide bonds. The molecule has 1 aromatic carbocycles. The van der Waals surface area contributed by atoms with Gasteiger partial charge in [-0.3, -0.25) is 4.90 Å². The number of piperazine rings is 1. The van der Waals surface area contributed by atoms with Gasteiger partial charge in [-0.15, -0.1) is 24.8 Å². The fourth-order valence-corrected chi connectivity index (χ4v) is 2.64. The number of hydrogen-bond acceptors (Lipinski definition) is 3. The second kappa shape index (κ2) is 8.88. The van der Waals surface area contributed by atoms with Crippen LogP contribution < -0.4 is 5.32 Å². The van der Waals surface area contributed by atoms with Crippen molar-refractivity contribution in [3.63, 3.8) is 0 Å². The highest BCUT2D eigenvalue weighted by Crippen LogP contribution is 2.33. The van der Waals surface area contributed by atoms with E-state index in [2.05, 4.69) is 17.1 Å². The molecule has 0 aliphatic carbocycles. The number of nitrogens with one attached hydrogen (secondary N) is 1. The minimum absolute atomic E-state index is 0. The molecule has 1 saturated heterocycles. The third-order valence-electron chi connectivity index (χ3n) is 3.33. The summed E-state index contributed by atoms with van der Waals surface area (Å²) in [6.07, 6.45) is 0.980. The summed E-state index contributed by atoms with van der Waals surface area (Å²) in [4.78, 5) is 2.40. The first-order valence-corrected chi connectivity index (χ1v) is 6.53. The Morgan fingerprint density at radius 2 is 1.95 bits per heavy atom. The molecule has 0 aromatic heterocycles. The molecule has 1 aromatic rings. The van der Waals surface area contributed by atoms with E-state index in [1.54, 1.807) is 12.1 Å². The molecule has 19 heavy (non-hydrogen) atoms. The second-order valence-electron chi connectivity index (χ2n) is 4.41. The van der Waals surface area contributed by atoms with Gasteiger partial charge in [0, 0.05) is 42.8 Å². The van der Waals surface area contributed by atoms with Crippen LogP contribution in [0.4, 0.5) is 0 Å². The van der Waals surface area contributed by atoms with Crippen molar-refractivity contribution in [2.45, 2.75) is 19.4 Å². The average molecular weight is 328 g/mol. The van der Waals surface area contributed by atoms with Crippen molar-refractivity contribution in [2.75, 3.05) is 26.2 Å². The molecule has 1 aliphatic heterocycles. The van der Waals surface area contributed by atoms with Crippen LogP contribution in [0.25, 0.3) is 0 Å². The van der Waals surface area contributed by atoms with Crippen LogP contribution in [0, 0.1) is 0 Å². The Morgan fingerprint density at radius 1 is 1.32 bits per heavy atom. The molecule has 6 heteroatoms. The van der Waals surface area contributed by atoms with E-state index < -0.39 is 0 Å². The topological polar surface area (TPSA) is 35.5 Å². The first-order valence-electron chi connectivity index (χ1n) is 6.15. The van der Waals surface area contributed by atoms with Crippen LogP contribution in [0.15, 0.2) is 18.2 Å². The molecule has 0 bridgehead atoms. The molecule has 1 atom stereocenters. The lowest BCUT2D eigenvalue weighted by atomic mass is 10.0. The van der Waals surface area contributed by atoms with Gasteiger partial charge in [-0.05, 0) is 24.6 Å².